The van der Waals surface area contributed by atoms with Gasteiger partial charge in [0.05, 0.1) is 5.92 Å². The fourth-order valence-corrected chi connectivity index (χ4v) is 3.05. The van der Waals surface area contributed by atoms with Crippen molar-refractivity contribution in [3.8, 4) is 0 Å². The molecule has 0 unspecified atom stereocenters. The number of aryl methyl sites for hydroxylation is 2. The van der Waals surface area contributed by atoms with Gasteiger partial charge in [0, 0.05) is 25.2 Å². The van der Waals surface area contributed by atoms with Crippen molar-refractivity contribution in [3.63, 3.8) is 0 Å². The largest absolute Gasteiger partial charge is 0.356 e. The predicted molar refractivity (Wildman–Crippen MR) is 87.8 cm³/mol. The number of benzene rings is 1. The Morgan fingerprint density at radius 3 is 2.55 bits per heavy atom. The quantitative estimate of drug-likeness (QED) is 0.929. The molecule has 1 aliphatic rings. The van der Waals surface area contributed by atoms with E-state index in [0.29, 0.717) is 13.1 Å². The maximum Gasteiger partial charge on any atom is 0.253 e. The summed E-state index contributed by atoms with van der Waals surface area (Å²) in [4.78, 5) is 26.6. The first-order valence-electron chi connectivity index (χ1n) is 8.16. The Labute approximate surface area is 132 Å². The first kappa shape index (κ1) is 16.5. The molecule has 2 amide bonds. The topological polar surface area (TPSA) is 49.4 Å². The van der Waals surface area contributed by atoms with Crippen LogP contribution in [-0.2, 0) is 4.79 Å². The van der Waals surface area contributed by atoms with E-state index in [1.165, 1.54) is 0 Å². The molecule has 1 aliphatic heterocycles. The van der Waals surface area contributed by atoms with Crippen LogP contribution in [0.1, 0.15) is 47.7 Å². The van der Waals surface area contributed by atoms with E-state index < -0.39 is 0 Å². The summed E-state index contributed by atoms with van der Waals surface area (Å²) in [6.45, 7) is 8.02. The van der Waals surface area contributed by atoms with Gasteiger partial charge in [0.2, 0.25) is 5.91 Å². The molecular weight excluding hydrogens is 276 g/mol. The highest BCUT2D eigenvalue weighted by Gasteiger charge is 2.28. The lowest BCUT2D eigenvalue weighted by Gasteiger charge is -2.32. The van der Waals surface area contributed by atoms with Crippen molar-refractivity contribution < 1.29 is 9.59 Å². The van der Waals surface area contributed by atoms with Crippen molar-refractivity contribution in [1.29, 1.82) is 0 Å². The summed E-state index contributed by atoms with van der Waals surface area (Å²) in [6.07, 6.45) is 2.69. The number of hydrogen-bond donors (Lipinski definition) is 1. The summed E-state index contributed by atoms with van der Waals surface area (Å²) in [7, 11) is 0. The molecule has 0 aromatic heterocycles. The van der Waals surface area contributed by atoms with Crippen LogP contribution in [0.15, 0.2) is 18.2 Å². The van der Waals surface area contributed by atoms with Gasteiger partial charge < -0.3 is 10.2 Å². The van der Waals surface area contributed by atoms with Crippen LogP contribution in [0.3, 0.4) is 0 Å². The molecule has 120 valence electrons. The first-order chi connectivity index (χ1) is 10.5. The van der Waals surface area contributed by atoms with Crippen molar-refractivity contribution >= 4 is 11.8 Å². The standard InChI is InChI=1S/C18H26N2O2/c1-4-7-19-17(21)15-6-5-8-20(12-15)18(22)16-10-13(2)9-14(3)11-16/h9-11,15H,4-8,12H2,1-3H3,(H,19,21)/t15-/m1/s1. The highest BCUT2D eigenvalue weighted by Crippen LogP contribution is 2.20. The number of nitrogens with zero attached hydrogens (tertiary/aromatic N) is 1. The first-order valence-corrected chi connectivity index (χ1v) is 8.16. The zero-order chi connectivity index (χ0) is 16.1. The molecule has 1 fully saturated rings. The van der Waals surface area contributed by atoms with Crippen LogP contribution in [0.5, 0.6) is 0 Å². The summed E-state index contributed by atoms with van der Waals surface area (Å²) in [6, 6.07) is 5.92. The van der Waals surface area contributed by atoms with E-state index in [0.717, 1.165) is 42.5 Å². The minimum absolute atomic E-state index is 0.0415. The third-order valence-electron chi connectivity index (χ3n) is 4.10. The lowest BCUT2D eigenvalue weighted by Crippen LogP contribution is -2.45. The van der Waals surface area contributed by atoms with Gasteiger partial charge in [0.25, 0.3) is 5.91 Å². The Bertz CT molecular complexity index is 534. The molecule has 1 aromatic rings. The van der Waals surface area contributed by atoms with E-state index >= 15 is 0 Å². The zero-order valence-electron chi connectivity index (χ0n) is 13.8. The average Bonchev–Trinajstić information content (AvgIpc) is 2.51. The maximum atomic E-state index is 12.7. The fraction of sp³-hybridized carbons (Fsp3) is 0.556. The number of hydrogen-bond acceptors (Lipinski definition) is 2. The average molecular weight is 302 g/mol. The van der Waals surface area contributed by atoms with Gasteiger partial charge >= 0.3 is 0 Å². The summed E-state index contributed by atoms with van der Waals surface area (Å²) in [5.74, 6) is 0.0507. The second kappa shape index (κ2) is 7.43. The molecule has 1 heterocycles. The highest BCUT2D eigenvalue weighted by atomic mass is 16.2. The van der Waals surface area contributed by atoms with Crippen LogP contribution in [-0.4, -0.2) is 36.3 Å². The van der Waals surface area contributed by atoms with Gasteiger partial charge in [-0.15, -0.1) is 0 Å². The lowest BCUT2D eigenvalue weighted by atomic mass is 9.96. The Morgan fingerprint density at radius 1 is 1.23 bits per heavy atom. The summed E-state index contributed by atoms with van der Waals surface area (Å²) in [5, 5.41) is 2.94. The molecule has 2 rings (SSSR count). The molecule has 0 bridgehead atoms. The molecule has 1 saturated heterocycles. The van der Waals surface area contributed by atoms with E-state index in [4.69, 9.17) is 0 Å². The van der Waals surface area contributed by atoms with Gasteiger partial charge in [-0.3, -0.25) is 9.59 Å². The smallest absolute Gasteiger partial charge is 0.253 e. The van der Waals surface area contributed by atoms with Crippen molar-refractivity contribution in [2.45, 2.75) is 40.0 Å². The van der Waals surface area contributed by atoms with E-state index in [1.54, 1.807) is 0 Å². The number of nitrogens with one attached hydrogen (secondary N) is 1. The van der Waals surface area contributed by atoms with Crippen LogP contribution in [0.4, 0.5) is 0 Å². The number of carbonyl (C=O) groups is 2. The molecule has 0 spiro atoms. The fourth-order valence-electron chi connectivity index (χ4n) is 3.05. The number of carbonyl (C=O) groups excluding carboxylic acids is 2. The molecule has 1 atom stereocenters. The van der Waals surface area contributed by atoms with Gasteiger partial charge in [-0.25, -0.2) is 0 Å². The van der Waals surface area contributed by atoms with Gasteiger partial charge in [0.1, 0.15) is 0 Å². The SMILES string of the molecule is CCCNC(=O)[C@@H]1CCCN(C(=O)c2cc(C)cc(C)c2)C1. The molecule has 1 N–H and O–H groups in total. The minimum Gasteiger partial charge on any atom is -0.356 e. The maximum absolute atomic E-state index is 12.7. The second-order valence-electron chi connectivity index (χ2n) is 6.26. The predicted octanol–water partition coefficient (Wildman–Crippen LogP) is 2.68. The molecule has 1 aromatic carbocycles. The normalized spacial score (nSPS) is 18.1. The third kappa shape index (κ3) is 4.09. The third-order valence-corrected chi connectivity index (χ3v) is 4.10. The van der Waals surface area contributed by atoms with E-state index in [-0.39, 0.29) is 17.7 Å². The number of amides is 2. The summed E-state index contributed by atoms with van der Waals surface area (Å²) >= 11 is 0. The zero-order valence-corrected chi connectivity index (χ0v) is 13.8. The Kier molecular flexibility index (Phi) is 5.58. The monoisotopic (exact) mass is 302 g/mol. The van der Waals surface area contributed by atoms with Gasteiger partial charge in [-0.1, -0.05) is 24.1 Å². The number of piperidine rings is 1. The van der Waals surface area contributed by atoms with E-state index in [9.17, 15) is 9.59 Å². The van der Waals surface area contributed by atoms with Crippen LogP contribution < -0.4 is 5.32 Å². The number of likely N-dealkylation sites (tertiary alicyclic amines) is 1. The minimum atomic E-state index is -0.0739. The molecule has 0 radical (unpaired) electrons. The Balaban J connectivity index is 2.05. The summed E-state index contributed by atoms with van der Waals surface area (Å²) < 4.78 is 0. The Hall–Kier alpha value is -1.84. The number of rotatable bonds is 4. The highest BCUT2D eigenvalue weighted by molar-refractivity contribution is 5.95. The van der Waals surface area contributed by atoms with Crippen LogP contribution in [0.2, 0.25) is 0 Å². The van der Waals surface area contributed by atoms with Crippen molar-refractivity contribution in [1.82, 2.24) is 10.2 Å². The van der Waals surface area contributed by atoms with Gasteiger partial charge in [-0.2, -0.15) is 0 Å². The van der Waals surface area contributed by atoms with Crippen molar-refractivity contribution in [3.05, 3.63) is 34.9 Å². The molecule has 4 nitrogen and oxygen atoms in total. The second-order valence-corrected chi connectivity index (χ2v) is 6.26. The van der Waals surface area contributed by atoms with Crippen LogP contribution in [0.25, 0.3) is 0 Å². The van der Waals surface area contributed by atoms with Gasteiger partial charge in [-0.05, 0) is 45.2 Å². The van der Waals surface area contributed by atoms with Crippen molar-refractivity contribution in [2.75, 3.05) is 19.6 Å². The molecule has 22 heavy (non-hydrogen) atoms. The van der Waals surface area contributed by atoms with E-state index in [2.05, 4.69) is 11.4 Å². The van der Waals surface area contributed by atoms with Gasteiger partial charge in [0.15, 0.2) is 0 Å². The Morgan fingerprint density at radius 2 is 1.91 bits per heavy atom. The lowest BCUT2D eigenvalue weighted by molar-refractivity contribution is -0.126. The molecule has 4 heteroatoms. The van der Waals surface area contributed by atoms with Crippen molar-refractivity contribution in [2.24, 2.45) is 5.92 Å². The molecule has 0 aliphatic carbocycles. The molecule has 0 saturated carbocycles. The van der Waals surface area contributed by atoms with Crippen LogP contribution >= 0.6 is 0 Å². The van der Waals surface area contributed by atoms with E-state index in [1.807, 2.05) is 37.8 Å². The molecular formula is C18H26N2O2. The summed E-state index contributed by atoms with van der Waals surface area (Å²) in [5.41, 5.74) is 2.92. The van der Waals surface area contributed by atoms with Crippen LogP contribution in [0, 0.1) is 19.8 Å².